The van der Waals surface area contributed by atoms with Crippen LogP contribution in [0.15, 0.2) is 54.9 Å². The molecule has 1 aliphatic rings. The number of aromatic nitrogens is 4. The SMILES string of the molecule is [B][C@](Nc1ccc2ncc(C#N)c(NCC(C)(C)C)c2c1)(c1ccc(F)cc1)c1cn(C2CC2)nn1. The molecule has 0 unspecified atom stereocenters. The summed E-state index contributed by atoms with van der Waals surface area (Å²) in [6, 6.07) is 14.3. The van der Waals surface area contributed by atoms with Gasteiger partial charge < -0.3 is 10.6 Å². The molecular formula is C27H27BFN7. The normalized spacial score (nSPS) is 15.3. The van der Waals surface area contributed by atoms with Gasteiger partial charge in [0.1, 0.15) is 25.4 Å². The summed E-state index contributed by atoms with van der Waals surface area (Å²) >= 11 is 0. The minimum absolute atomic E-state index is 0.0144. The van der Waals surface area contributed by atoms with E-state index in [0.29, 0.717) is 35.1 Å². The van der Waals surface area contributed by atoms with Crippen LogP contribution in [-0.2, 0) is 5.44 Å². The minimum atomic E-state index is -1.27. The molecule has 0 amide bonds. The van der Waals surface area contributed by atoms with Gasteiger partial charge in [0.15, 0.2) is 0 Å². The number of nitrogens with one attached hydrogen (secondary N) is 2. The Bertz CT molecular complexity index is 1450. The lowest BCUT2D eigenvalue weighted by Gasteiger charge is -2.31. The highest BCUT2D eigenvalue weighted by atomic mass is 19.1. The highest BCUT2D eigenvalue weighted by Gasteiger charge is 2.34. The summed E-state index contributed by atoms with van der Waals surface area (Å²) in [5.41, 5.74) is 2.55. The third kappa shape index (κ3) is 4.76. The highest BCUT2D eigenvalue weighted by molar-refractivity contribution is 6.19. The van der Waals surface area contributed by atoms with Gasteiger partial charge in [0.25, 0.3) is 0 Å². The van der Waals surface area contributed by atoms with Crippen molar-refractivity contribution in [3.05, 3.63) is 77.5 Å². The molecule has 2 aromatic heterocycles. The molecule has 2 aromatic carbocycles. The van der Waals surface area contributed by atoms with Crippen molar-refractivity contribution >= 4 is 30.1 Å². The summed E-state index contributed by atoms with van der Waals surface area (Å²) < 4.78 is 15.6. The molecule has 7 nitrogen and oxygen atoms in total. The molecule has 1 saturated carbocycles. The van der Waals surface area contributed by atoms with Crippen LogP contribution in [0.5, 0.6) is 0 Å². The number of pyridine rings is 1. The fraction of sp³-hybridized carbons (Fsp3) is 0.333. The van der Waals surface area contributed by atoms with Gasteiger partial charge in [-0.3, -0.25) is 4.98 Å². The molecule has 2 heterocycles. The van der Waals surface area contributed by atoms with Gasteiger partial charge in [0.05, 0.1) is 34.4 Å². The Kier molecular flexibility index (Phi) is 5.91. The van der Waals surface area contributed by atoms with E-state index >= 15 is 0 Å². The van der Waals surface area contributed by atoms with Crippen molar-refractivity contribution in [2.24, 2.45) is 5.41 Å². The zero-order chi connectivity index (χ0) is 25.5. The summed E-state index contributed by atoms with van der Waals surface area (Å²) in [7, 11) is 6.98. The molecule has 180 valence electrons. The van der Waals surface area contributed by atoms with Crippen LogP contribution in [0.1, 0.15) is 56.5 Å². The molecule has 0 saturated heterocycles. The molecule has 1 atom stereocenters. The molecule has 2 radical (unpaired) electrons. The quantitative estimate of drug-likeness (QED) is 0.358. The molecule has 1 fully saturated rings. The minimum Gasteiger partial charge on any atom is -0.383 e. The number of halogens is 1. The van der Waals surface area contributed by atoms with Crippen LogP contribution in [0.2, 0.25) is 0 Å². The Hall–Kier alpha value is -3.93. The van der Waals surface area contributed by atoms with Crippen molar-refractivity contribution in [2.45, 2.75) is 45.1 Å². The Balaban J connectivity index is 1.58. The molecule has 0 bridgehead atoms. The van der Waals surface area contributed by atoms with Crippen LogP contribution in [-0.4, -0.2) is 34.4 Å². The van der Waals surface area contributed by atoms with Gasteiger partial charge in [-0.05, 0) is 54.2 Å². The smallest absolute Gasteiger partial charge is 0.123 e. The van der Waals surface area contributed by atoms with E-state index in [2.05, 4.69) is 52.8 Å². The van der Waals surface area contributed by atoms with Gasteiger partial charge in [-0.1, -0.05) is 38.1 Å². The maximum absolute atomic E-state index is 13.7. The zero-order valence-corrected chi connectivity index (χ0v) is 20.6. The van der Waals surface area contributed by atoms with Crippen molar-refractivity contribution in [3.63, 3.8) is 0 Å². The van der Waals surface area contributed by atoms with Crippen LogP contribution in [0.25, 0.3) is 10.9 Å². The number of fused-ring (bicyclic) bond motifs is 1. The fourth-order valence-corrected chi connectivity index (χ4v) is 4.10. The molecule has 1 aliphatic carbocycles. The Morgan fingerprint density at radius 3 is 2.58 bits per heavy atom. The number of benzene rings is 2. The lowest BCUT2D eigenvalue weighted by Crippen LogP contribution is -2.37. The van der Waals surface area contributed by atoms with Gasteiger partial charge in [-0.15, -0.1) is 5.10 Å². The number of rotatable bonds is 7. The van der Waals surface area contributed by atoms with Crippen LogP contribution >= 0.6 is 0 Å². The maximum atomic E-state index is 13.7. The first-order valence-electron chi connectivity index (χ1n) is 12.0. The van der Waals surface area contributed by atoms with E-state index < -0.39 is 5.44 Å². The van der Waals surface area contributed by atoms with Crippen LogP contribution in [0.4, 0.5) is 15.8 Å². The summed E-state index contributed by atoms with van der Waals surface area (Å²) in [4.78, 5) is 4.46. The predicted molar refractivity (Wildman–Crippen MR) is 139 cm³/mol. The van der Waals surface area contributed by atoms with Crippen LogP contribution in [0.3, 0.4) is 0 Å². The van der Waals surface area contributed by atoms with E-state index in [-0.39, 0.29) is 11.2 Å². The van der Waals surface area contributed by atoms with Gasteiger partial charge in [-0.2, -0.15) is 5.26 Å². The fourth-order valence-electron chi connectivity index (χ4n) is 4.10. The van der Waals surface area contributed by atoms with E-state index in [1.807, 2.05) is 29.1 Å². The predicted octanol–water partition coefficient (Wildman–Crippen LogP) is 5.11. The van der Waals surface area contributed by atoms with Crippen molar-refractivity contribution in [3.8, 4) is 6.07 Å². The number of hydrogen-bond acceptors (Lipinski definition) is 6. The number of nitrogens with zero attached hydrogens (tertiary/aromatic N) is 5. The second kappa shape index (κ2) is 8.94. The molecule has 4 aromatic rings. The number of nitriles is 1. The second-order valence-electron chi connectivity index (χ2n) is 10.6. The van der Waals surface area contributed by atoms with Crippen LogP contribution < -0.4 is 10.6 Å². The summed E-state index contributed by atoms with van der Waals surface area (Å²) in [5, 5.41) is 26.0. The van der Waals surface area contributed by atoms with Gasteiger partial charge in [-0.25, -0.2) is 9.07 Å². The largest absolute Gasteiger partial charge is 0.383 e. The molecule has 0 spiro atoms. The van der Waals surface area contributed by atoms with Crippen molar-refractivity contribution in [1.82, 2.24) is 20.0 Å². The Labute approximate surface area is 211 Å². The molecule has 2 N–H and O–H groups in total. The van der Waals surface area contributed by atoms with E-state index in [9.17, 15) is 9.65 Å². The van der Waals surface area contributed by atoms with Crippen molar-refractivity contribution in [2.75, 3.05) is 17.2 Å². The van der Waals surface area contributed by atoms with E-state index in [4.69, 9.17) is 7.85 Å². The maximum Gasteiger partial charge on any atom is 0.123 e. The van der Waals surface area contributed by atoms with E-state index in [1.54, 1.807) is 18.3 Å². The molecule has 36 heavy (non-hydrogen) atoms. The van der Waals surface area contributed by atoms with Gasteiger partial charge in [0.2, 0.25) is 0 Å². The highest BCUT2D eigenvalue weighted by Crippen LogP contribution is 2.37. The monoisotopic (exact) mass is 479 g/mol. The van der Waals surface area contributed by atoms with E-state index in [1.165, 1.54) is 12.1 Å². The molecule has 5 rings (SSSR count). The first-order chi connectivity index (χ1) is 17.2. The third-order valence-electron chi connectivity index (χ3n) is 6.26. The summed E-state index contributed by atoms with van der Waals surface area (Å²) in [5.74, 6) is -0.349. The number of anilines is 2. The topological polar surface area (TPSA) is 91.5 Å². The molecular weight excluding hydrogens is 452 g/mol. The van der Waals surface area contributed by atoms with Gasteiger partial charge >= 0.3 is 0 Å². The Morgan fingerprint density at radius 2 is 1.92 bits per heavy atom. The summed E-state index contributed by atoms with van der Waals surface area (Å²) in [6.45, 7) is 7.06. The lowest BCUT2D eigenvalue weighted by molar-refractivity contribution is 0.443. The molecule has 0 aliphatic heterocycles. The van der Waals surface area contributed by atoms with Gasteiger partial charge in [0, 0.05) is 23.8 Å². The Morgan fingerprint density at radius 1 is 1.17 bits per heavy atom. The average Bonchev–Trinajstić information content (AvgIpc) is 3.57. The number of hydrogen-bond donors (Lipinski definition) is 2. The first-order valence-corrected chi connectivity index (χ1v) is 12.0. The average molecular weight is 479 g/mol. The van der Waals surface area contributed by atoms with E-state index in [0.717, 1.165) is 29.4 Å². The van der Waals surface area contributed by atoms with Crippen molar-refractivity contribution < 1.29 is 4.39 Å². The van der Waals surface area contributed by atoms with Crippen LogP contribution in [0, 0.1) is 22.6 Å². The molecule has 9 heteroatoms. The lowest BCUT2D eigenvalue weighted by atomic mass is 9.69. The zero-order valence-electron chi connectivity index (χ0n) is 20.6. The summed E-state index contributed by atoms with van der Waals surface area (Å²) in [6.07, 6.45) is 5.56. The standard InChI is InChI=1S/C27H27BFN7/c1-26(2,3)16-32-25-17(13-30)14-31-23-11-8-20(12-22(23)25)33-27(28,18-4-6-19(29)7-5-18)24-15-36(35-34-24)21-9-10-21/h4-8,11-12,14-15,21,33H,9-10,16H2,1-3H3,(H,31,32)/t27-/m0/s1. The second-order valence-corrected chi connectivity index (χ2v) is 10.6. The van der Waals surface area contributed by atoms with Crippen molar-refractivity contribution in [1.29, 1.82) is 5.26 Å². The third-order valence-corrected chi connectivity index (χ3v) is 6.26. The first kappa shape index (κ1) is 23.8.